The largest absolute Gasteiger partial charge is 0.481 e. The Balaban J connectivity index is 2.92. The van der Waals surface area contributed by atoms with E-state index < -0.39 is 17.7 Å². The fraction of sp³-hybridized carbons (Fsp3) is 0.273. The number of carbonyl (C=O) groups excluding carboxylic acids is 1. The van der Waals surface area contributed by atoms with Crippen LogP contribution < -0.4 is 0 Å². The monoisotopic (exact) mass is 288 g/mol. The van der Waals surface area contributed by atoms with Crippen molar-refractivity contribution in [3.05, 3.63) is 34.1 Å². The molecule has 1 aromatic rings. The van der Waals surface area contributed by atoms with Crippen LogP contribution in [0.1, 0.15) is 23.7 Å². The minimum Gasteiger partial charge on any atom is -0.481 e. The summed E-state index contributed by atoms with van der Waals surface area (Å²) in [5.74, 6) is -2.41. The zero-order valence-electron chi connectivity index (χ0n) is 8.54. The molecular weight excluding hydrogens is 279 g/mol. The summed E-state index contributed by atoms with van der Waals surface area (Å²) < 4.78 is 13.1. The summed E-state index contributed by atoms with van der Waals surface area (Å²) in [6.45, 7) is 1.53. The van der Waals surface area contributed by atoms with Gasteiger partial charge < -0.3 is 5.11 Å². The van der Waals surface area contributed by atoms with Crippen molar-refractivity contribution in [2.24, 2.45) is 5.92 Å². The molecular formula is C11H10BrFO3. The second-order valence-corrected chi connectivity index (χ2v) is 4.34. The first-order valence-corrected chi connectivity index (χ1v) is 5.42. The van der Waals surface area contributed by atoms with Crippen molar-refractivity contribution in [2.75, 3.05) is 0 Å². The summed E-state index contributed by atoms with van der Waals surface area (Å²) >= 11 is 3.07. The average Bonchev–Trinajstić information content (AvgIpc) is 2.15. The lowest BCUT2D eigenvalue weighted by Gasteiger charge is -2.09. The summed E-state index contributed by atoms with van der Waals surface area (Å²) in [4.78, 5) is 22.3. The van der Waals surface area contributed by atoms with Gasteiger partial charge in [0.25, 0.3) is 0 Å². The summed E-state index contributed by atoms with van der Waals surface area (Å²) in [6.07, 6.45) is -0.233. The first-order chi connectivity index (χ1) is 7.41. The van der Waals surface area contributed by atoms with E-state index in [4.69, 9.17) is 5.11 Å². The molecule has 0 aliphatic rings. The number of rotatable bonds is 4. The Kier molecular flexibility index (Phi) is 4.18. The van der Waals surface area contributed by atoms with Crippen LogP contribution in [0.15, 0.2) is 22.7 Å². The number of halogens is 2. The Bertz CT molecular complexity index is 431. The smallest absolute Gasteiger partial charge is 0.304 e. The standard InChI is InChI=1S/C11H10BrFO3/c1-6(4-10(14)15)11(16)8-3-2-7(13)5-9(8)12/h2-3,5-6H,4H2,1H3,(H,14,15). The van der Waals surface area contributed by atoms with Crippen LogP contribution in [0.5, 0.6) is 0 Å². The molecule has 0 aliphatic heterocycles. The highest BCUT2D eigenvalue weighted by Crippen LogP contribution is 2.22. The number of carboxylic acids is 1. The number of Topliss-reactive ketones (excluding diaryl/α,β-unsaturated/α-hetero) is 1. The van der Waals surface area contributed by atoms with Crippen LogP contribution in [0.4, 0.5) is 4.39 Å². The molecule has 0 radical (unpaired) electrons. The zero-order valence-corrected chi connectivity index (χ0v) is 10.1. The van der Waals surface area contributed by atoms with E-state index in [0.717, 1.165) is 0 Å². The maximum Gasteiger partial charge on any atom is 0.304 e. The van der Waals surface area contributed by atoms with Gasteiger partial charge in [-0.2, -0.15) is 0 Å². The van der Waals surface area contributed by atoms with Gasteiger partial charge in [-0.1, -0.05) is 6.92 Å². The molecule has 1 N–H and O–H groups in total. The number of aliphatic carboxylic acids is 1. The van der Waals surface area contributed by atoms with Gasteiger partial charge in [0.15, 0.2) is 5.78 Å². The molecule has 0 amide bonds. The van der Waals surface area contributed by atoms with Crippen LogP contribution in [0.2, 0.25) is 0 Å². The van der Waals surface area contributed by atoms with Gasteiger partial charge in [0.05, 0.1) is 6.42 Å². The number of ketones is 1. The molecule has 0 aliphatic carbocycles. The van der Waals surface area contributed by atoms with Crippen LogP contribution in [-0.4, -0.2) is 16.9 Å². The molecule has 0 fully saturated rings. The molecule has 1 unspecified atom stereocenters. The summed E-state index contributed by atoms with van der Waals surface area (Å²) in [5, 5.41) is 8.57. The highest BCUT2D eigenvalue weighted by molar-refractivity contribution is 9.10. The van der Waals surface area contributed by atoms with Crippen LogP contribution >= 0.6 is 15.9 Å². The molecule has 1 rings (SSSR count). The zero-order chi connectivity index (χ0) is 12.3. The normalized spacial score (nSPS) is 12.2. The minimum atomic E-state index is -1.03. The van der Waals surface area contributed by atoms with Gasteiger partial charge in [-0.3, -0.25) is 9.59 Å². The molecule has 0 heterocycles. The van der Waals surface area contributed by atoms with E-state index in [1.165, 1.54) is 25.1 Å². The SMILES string of the molecule is CC(CC(=O)O)C(=O)c1ccc(F)cc1Br. The number of hydrogen-bond donors (Lipinski definition) is 1. The molecule has 3 nitrogen and oxygen atoms in total. The minimum absolute atomic E-state index is 0.233. The molecule has 86 valence electrons. The molecule has 0 saturated carbocycles. The third-order valence-corrected chi connectivity index (χ3v) is 2.78. The van der Waals surface area contributed by atoms with Gasteiger partial charge in [0.2, 0.25) is 0 Å². The van der Waals surface area contributed by atoms with E-state index in [-0.39, 0.29) is 12.2 Å². The van der Waals surface area contributed by atoms with Crippen molar-refractivity contribution >= 4 is 27.7 Å². The third-order valence-electron chi connectivity index (χ3n) is 2.12. The van der Waals surface area contributed by atoms with Crippen molar-refractivity contribution in [3.63, 3.8) is 0 Å². The Labute approximate surface area is 100 Å². The van der Waals surface area contributed by atoms with Crippen molar-refractivity contribution in [1.29, 1.82) is 0 Å². The molecule has 0 aromatic heterocycles. The molecule has 0 saturated heterocycles. The van der Waals surface area contributed by atoms with Crippen LogP contribution in [0.3, 0.4) is 0 Å². The van der Waals surface area contributed by atoms with Crippen molar-refractivity contribution in [1.82, 2.24) is 0 Å². The maximum absolute atomic E-state index is 12.8. The number of carboxylic acid groups (broad SMARTS) is 1. The van der Waals surface area contributed by atoms with Gasteiger partial charge in [-0.25, -0.2) is 4.39 Å². The van der Waals surface area contributed by atoms with Gasteiger partial charge in [0, 0.05) is 16.0 Å². The summed E-state index contributed by atoms with van der Waals surface area (Å²) in [5.41, 5.74) is 0.301. The molecule has 16 heavy (non-hydrogen) atoms. The van der Waals surface area contributed by atoms with Crippen LogP contribution in [-0.2, 0) is 4.79 Å². The van der Waals surface area contributed by atoms with E-state index in [2.05, 4.69) is 15.9 Å². The van der Waals surface area contributed by atoms with Crippen molar-refractivity contribution < 1.29 is 19.1 Å². The van der Waals surface area contributed by atoms with E-state index in [0.29, 0.717) is 10.0 Å². The number of carbonyl (C=O) groups is 2. The summed E-state index contributed by atoms with van der Waals surface area (Å²) in [7, 11) is 0. The van der Waals surface area contributed by atoms with E-state index in [9.17, 15) is 14.0 Å². The second kappa shape index (κ2) is 5.21. The predicted molar refractivity (Wildman–Crippen MR) is 59.8 cm³/mol. The Morgan fingerprint density at radius 2 is 2.12 bits per heavy atom. The van der Waals surface area contributed by atoms with Crippen LogP contribution in [0.25, 0.3) is 0 Å². The highest BCUT2D eigenvalue weighted by Gasteiger charge is 2.20. The van der Waals surface area contributed by atoms with Crippen molar-refractivity contribution in [2.45, 2.75) is 13.3 Å². The molecule has 0 spiro atoms. The molecule has 5 heteroatoms. The van der Waals surface area contributed by atoms with Crippen LogP contribution in [0, 0.1) is 11.7 Å². The van der Waals surface area contributed by atoms with Gasteiger partial charge >= 0.3 is 5.97 Å². The Morgan fingerprint density at radius 3 is 2.62 bits per heavy atom. The molecule has 0 bridgehead atoms. The lowest BCUT2D eigenvalue weighted by Crippen LogP contribution is -2.16. The topological polar surface area (TPSA) is 54.4 Å². The maximum atomic E-state index is 12.8. The van der Waals surface area contributed by atoms with Gasteiger partial charge in [0.1, 0.15) is 5.82 Å². The quantitative estimate of drug-likeness (QED) is 0.867. The highest BCUT2D eigenvalue weighted by atomic mass is 79.9. The second-order valence-electron chi connectivity index (χ2n) is 3.49. The lowest BCUT2D eigenvalue weighted by molar-refractivity contribution is -0.137. The Hall–Kier alpha value is -1.23. The van der Waals surface area contributed by atoms with E-state index >= 15 is 0 Å². The van der Waals surface area contributed by atoms with Gasteiger partial charge in [-0.15, -0.1) is 0 Å². The number of hydrogen-bond acceptors (Lipinski definition) is 2. The molecule has 1 atom stereocenters. The average molecular weight is 289 g/mol. The molecule has 1 aromatic carbocycles. The number of benzene rings is 1. The lowest BCUT2D eigenvalue weighted by atomic mass is 9.96. The summed E-state index contributed by atoms with van der Waals surface area (Å²) in [6, 6.07) is 3.70. The van der Waals surface area contributed by atoms with Gasteiger partial charge in [-0.05, 0) is 34.1 Å². The Morgan fingerprint density at radius 1 is 1.50 bits per heavy atom. The fourth-order valence-corrected chi connectivity index (χ4v) is 1.86. The van der Waals surface area contributed by atoms with E-state index in [1.807, 2.05) is 0 Å². The van der Waals surface area contributed by atoms with E-state index in [1.54, 1.807) is 0 Å². The first kappa shape index (κ1) is 12.8. The third kappa shape index (κ3) is 3.13. The first-order valence-electron chi connectivity index (χ1n) is 4.63. The van der Waals surface area contributed by atoms with Crippen molar-refractivity contribution in [3.8, 4) is 0 Å². The predicted octanol–water partition coefficient (Wildman–Crippen LogP) is 2.88. The fourth-order valence-electron chi connectivity index (χ4n) is 1.31.